The van der Waals surface area contributed by atoms with Crippen molar-refractivity contribution in [2.24, 2.45) is 0 Å². The van der Waals surface area contributed by atoms with Gasteiger partial charge in [-0.3, -0.25) is 9.36 Å². The average molecular weight is 369 g/mol. The first-order valence-corrected chi connectivity index (χ1v) is 9.55. The van der Waals surface area contributed by atoms with Crippen LogP contribution in [-0.4, -0.2) is 16.1 Å². The van der Waals surface area contributed by atoms with Crippen molar-refractivity contribution < 1.29 is 0 Å². The molecule has 3 aromatic carbocycles. The third kappa shape index (κ3) is 3.87. The fourth-order valence-corrected chi connectivity index (χ4v) is 3.33. The molecule has 0 bridgehead atoms. The second kappa shape index (κ2) is 8.19. The number of para-hydroxylation sites is 2. The average Bonchev–Trinajstić information content (AvgIpc) is 2.73. The van der Waals surface area contributed by atoms with E-state index in [1.165, 1.54) is 11.1 Å². The van der Waals surface area contributed by atoms with Crippen molar-refractivity contribution in [3.05, 3.63) is 106 Å². The van der Waals surface area contributed by atoms with Crippen LogP contribution in [0.3, 0.4) is 0 Å². The Morgan fingerprint density at radius 1 is 0.893 bits per heavy atom. The summed E-state index contributed by atoms with van der Waals surface area (Å²) in [7, 11) is 0. The van der Waals surface area contributed by atoms with Gasteiger partial charge in [-0.25, -0.2) is 4.98 Å². The molecule has 0 unspecified atom stereocenters. The number of benzene rings is 3. The highest BCUT2D eigenvalue weighted by molar-refractivity contribution is 5.77. The number of aryl methyl sites for hydroxylation is 1. The highest BCUT2D eigenvalue weighted by Gasteiger charge is 2.12. The van der Waals surface area contributed by atoms with Crippen LogP contribution in [0.4, 0.5) is 0 Å². The molecule has 0 fully saturated rings. The van der Waals surface area contributed by atoms with Gasteiger partial charge in [0.2, 0.25) is 0 Å². The SMILES string of the molecule is Cc1ccc(CCNCc2nc3ccccc3c(=O)n2-c2ccccc2)cc1. The Labute approximate surface area is 164 Å². The van der Waals surface area contributed by atoms with E-state index in [9.17, 15) is 4.79 Å². The lowest BCUT2D eigenvalue weighted by Gasteiger charge is -2.14. The molecule has 0 radical (unpaired) electrons. The zero-order chi connectivity index (χ0) is 19.3. The minimum Gasteiger partial charge on any atom is -0.310 e. The van der Waals surface area contributed by atoms with Crippen LogP contribution in [0.5, 0.6) is 0 Å². The second-order valence-electron chi connectivity index (χ2n) is 6.93. The molecule has 4 aromatic rings. The van der Waals surface area contributed by atoms with Gasteiger partial charge in [0.05, 0.1) is 23.1 Å². The molecule has 0 spiro atoms. The Hall–Kier alpha value is -3.24. The molecule has 0 atom stereocenters. The van der Waals surface area contributed by atoms with Gasteiger partial charge in [0, 0.05) is 0 Å². The number of nitrogens with zero attached hydrogens (tertiary/aromatic N) is 2. The molecule has 0 amide bonds. The minimum atomic E-state index is -0.0351. The number of hydrogen-bond donors (Lipinski definition) is 1. The first kappa shape index (κ1) is 18.1. The molecule has 28 heavy (non-hydrogen) atoms. The maximum atomic E-state index is 13.1. The van der Waals surface area contributed by atoms with E-state index in [1.54, 1.807) is 4.57 Å². The summed E-state index contributed by atoms with van der Waals surface area (Å²) in [5, 5.41) is 4.08. The van der Waals surface area contributed by atoms with E-state index in [0.717, 1.165) is 30.0 Å². The second-order valence-corrected chi connectivity index (χ2v) is 6.93. The van der Waals surface area contributed by atoms with Crippen molar-refractivity contribution in [2.45, 2.75) is 19.9 Å². The molecular formula is C24H23N3O. The molecule has 0 aliphatic rings. The van der Waals surface area contributed by atoms with Gasteiger partial charge in [0.25, 0.3) is 5.56 Å². The van der Waals surface area contributed by atoms with Crippen LogP contribution in [0.2, 0.25) is 0 Å². The molecular weight excluding hydrogens is 346 g/mol. The van der Waals surface area contributed by atoms with Gasteiger partial charge in [-0.1, -0.05) is 60.2 Å². The van der Waals surface area contributed by atoms with Gasteiger partial charge in [0.1, 0.15) is 5.82 Å². The van der Waals surface area contributed by atoms with Crippen LogP contribution >= 0.6 is 0 Å². The Morgan fingerprint density at radius 2 is 1.61 bits per heavy atom. The smallest absolute Gasteiger partial charge is 0.266 e. The van der Waals surface area contributed by atoms with E-state index < -0.39 is 0 Å². The molecule has 0 aliphatic heterocycles. The molecule has 0 saturated heterocycles. The summed E-state index contributed by atoms with van der Waals surface area (Å²) >= 11 is 0. The molecule has 4 heteroatoms. The predicted octanol–water partition coefficient (Wildman–Crippen LogP) is 4.03. The maximum Gasteiger partial charge on any atom is 0.266 e. The van der Waals surface area contributed by atoms with Crippen molar-refractivity contribution >= 4 is 10.9 Å². The van der Waals surface area contributed by atoms with Gasteiger partial charge >= 0.3 is 0 Å². The van der Waals surface area contributed by atoms with Crippen molar-refractivity contribution in [2.75, 3.05) is 6.54 Å². The van der Waals surface area contributed by atoms with Crippen molar-refractivity contribution in [3.8, 4) is 5.69 Å². The fraction of sp³-hybridized carbons (Fsp3) is 0.167. The maximum absolute atomic E-state index is 13.1. The van der Waals surface area contributed by atoms with Crippen molar-refractivity contribution in [1.29, 1.82) is 0 Å². The zero-order valence-corrected chi connectivity index (χ0v) is 15.9. The Balaban J connectivity index is 1.60. The summed E-state index contributed by atoms with van der Waals surface area (Å²) in [5.41, 5.74) is 4.09. The molecule has 4 nitrogen and oxygen atoms in total. The van der Waals surface area contributed by atoms with Crippen molar-refractivity contribution in [1.82, 2.24) is 14.9 Å². The molecule has 1 N–H and O–H groups in total. The van der Waals surface area contributed by atoms with Gasteiger partial charge in [-0.05, 0) is 49.7 Å². The molecule has 140 valence electrons. The zero-order valence-electron chi connectivity index (χ0n) is 15.9. The highest BCUT2D eigenvalue weighted by atomic mass is 16.1. The Kier molecular flexibility index (Phi) is 5.31. The minimum absolute atomic E-state index is 0.0351. The quantitative estimate of drug-likeness (QED) is 0.522. The highest BCUT2D eigenvalue weighted by Crippen LogP contribution is 2.13. The van der Waals surface area contributed by atoms with Crippen LogP contribution in [-0.2, 0) is 13.0 Å². The van der Waals surface area contributed by atoms with Gasteiger partial charge in [0.15, 0.2) is 0 Å². The van der Waals surface area contributed by atoms with Gasteiger partial charge < -0.3 is 5.32 Å². The predicted molar refractivity (Wildman–Crippen MR) is 114 cm³/mol. The van der Waals surface area contributed by atoms with Crippen molar-refractivity contribution in [3.63, 3.8) is 0 Å². The summed E-state index contributed by atoms with van der Waals surface area (Å²) in [6.07, 6.45) is 0.934. The summed E-state index contributed by atoms with van der Waals surface area (Å²) in [4.78, 5) is 17.9. The first-order chi connectivity index (χ1) is 13.7. The van der Waals surface area contributed by atoms with Crippen LogP contribution in [0.1, 0.15) is 17.0 Å². The molecule has 1 aromatic heterocycles. The van der Waals surface area contributed by atoms with E-state index in [2.05, 4.69) is 36.5 Å². The van der Waals surface area contributed by atoms with E-state index in [4.69, 9.17) is 4.98 Å². The van der Waals surface area contributed by atoms with Crippen LogP contribution in [0, 0.1) is 6.92 Å². The number of aromatic nitrogens is 2. The van der Waals surface area contributed by atoms with Crippen LogP contribution in [0.25, 0.3) is 16.6 Å². The van der Waals surface area contributed by atoms with Crippen LogP contribution < -0.4 is 10.9 Å². The number of rotatable bonds is 6. The van der Waals surface area contributed by atoms with Crippen LogP contribution in [0.15, 0.2) is 83.7 Å². The lowest BCUT2D eigenvalue weighted by atomic mass is 10.1. The third-order valence-electron chi connectivity index (χ3n) is 4.85. The molecule has 0 aliphatic carbocycles. The first-order valence-electron chi connectivity index (χ1n) is 9.55. The summed E-state index contributed by atoms with van der Waals surface area (Å²) in [6, 6.07) is 25.8. The number of fused-ring (bicyclic) bond motifs is 1. The standard InChI is InChI=1S/C24H23N3O/c1-18-11-13-19(14-12-18)15-16-25-17-23-26-22-10-6-5-9-21(22)24(28)27(23)20-7-3-2-4-8-20/h2-14,25H,15-17H2,1H3. The molecule has 4 rings (SSSR count). The molecule has 0 saturated carbocycles. The fourth-order valence-electron chi connectivity index (χ4n) is 3.33. The van der Waals surface area contributed by atoms with E-state index in [1.807, 2.05) is 54.6 Å². The van der Waals surface area contributed by atoms with Gasteiger partial charge in [-0.15, -0.1) is 0 Å². The van der Waals surface area contributed by atoms with Gasteiger partial charge in [-0.2, -0.15) is 0 Å². The Bertz CT molecular complexity index is 1130. The Morgan fingerprint density at radius 3 is 2.39 bits per heavy atom. The largest absolute Gasteiger partial charge is 0.310 e. The number of nitrogens with one attached hydrogen (secondary N) is 1. The summed E-state index contributed by atoms with van der Waals surface area (Å²) in [6.45, 7) is 3.44. The van der Waals surface area contributed by atoms with E-state index >= 15 is 0 Å². The third-order valence-corrected chi connectivity index (χ3v) is 4.85. The summed E-state index contributed by atoms with van der Waals surface area (Å²) < 4.78 is 1.71. The normalized spacial score (nSPS) is 11.0. The lowest BCUT2D eigenvalue weighted by Crippen LogP contribution is -2.28. The van der Waals surface area contributed by atoms with E-state index in [-0.39, 0.29) is 5.56 Å². The number of hydrogen-bond acceptors (Lipinski definition) is 3. The lowest BCUT2D eigenvalue weighted by molar-refractivity contribution is 0.642. The summed E-state index contributed by atoms with van der Waals surface area (Å²) in [5.74, 6) is 0.721. The molecule has 1 heterocycles. The topological polar surface area (TPSA) is 46.9 Å². The van der Waals surface area contributed by atoms with E-state index in [0.29, 0.717) is 11.9 Å². The monoisotopic (exact) mass is 369 g/mol.